The molecule has 1 aliphatic heterocycles. The zero-order chi connectivity index (χ0) is 22.0. The summed E-state index contributed by atoms with van der Waals surface area (Å²) in [5.74, 6) is 0.0958. The molecule has 1 fully saturated rings. The molecule has 3 aromatic rings. The Morgan fingerprint density at radius 3 is 2.65 bits per heavy atom. The number of carbonyl (C=O) groups is 1. The molecule has 2 aromatic heterocycles. The number of piperidine rings is 1. The molecule has 1 aromatic carbocycles. The Balaban J connectivity index is 1.38. The Morgan fingerprint density at radius 2 is 1.97 bits per heavy atom. The first-order chi connectivity index (χ1) is 15.0. The number of hydrogen-bond donors (Lipinski definition) is 1. The summed E-state index contributed by atoms with van der Waals surface area (Å²) in [7, 11) is 1.39. The number of benzene rings is 1. The fourth-order valence-electron chi connectivity index (χ4n) is 3.65. The number of aryl methyl sites for hydroxylation is 1. The van der Waals surface area contributed by atoms with E-state index in [1.165, 1.54) is 28.3 Å². The Bertz CT molecular complexity index is 1090. The van der Waals surface area contributed by atoms with Crippen LogP contribution in [0.25, 0.3) is 11.3 Å². The van der Waals surface area contributed by atoms with Crippen LogP contribution in [-0.4, -0.2) is 41.2 Å². The highest BCUT2D eigenvalue weighted by molar-refractivity contribution is 9.10. The molecule has 5 nitrogen and oxygen atoms in total. The van der Waals surface area contributed by atoms with Crippen molar-refractivity contribution >= 4 is 67.6 Å². The van der Waals surface area contributed by atoms with Crippen LogP contribution < -0.4 is 5.32 Å². The summed E-state index contributed by atoms with van der Waals surface area (Å²) in [6, 6.07) is 10.2. The van der Waals surface area contributed by atoms with E-state index in [9.17, 15) is 4.79 Å². The first-order valence-electron chi connectivity index (χ1n) is 9.91. The number of anilines is 1. The zero-order valence-corrected chi connectivity index (χ0v) is 21.2. The largest absolute Gasteiger partial charge is 0.465 e. The molecular weight excluding hydrogens is 514 g/mol. The second-order valence-corrected chi connectivity index (χ2v) is 10.8. The normalized spacial score (nSPS) is 14.5. The Labute approximate surface area is 203 Å². The van der Waals surface area contributed by atoms with E-state index in [0.29, 0.717) is 21.6 Å². The third kappa shape index (κ3) is 5.00. The molecule has 31 heavy (non-hydrogen) atoms. The summed E-state index contributed by atoms with van der Waals surface area (Å²) < 4.78 is 5.91. The minimum atomic E-state index is -0.347. The molecule has 0 amide bonds. The molecule has 9 heteroatoms. The first kappa shape index (κ1) is 22.4. The third-order valence-electron chi connectivity index (χ3n) is 5.34. The van der Waals surface area contributed by atoms with Gasteiger partial charge in [0.15, 0.2) is 5.11 Å². The van der Waals surface area contributed by atoms with Crippen molar-refractivity contribution in [3.8, 4) is 11.3 Å². The van der Waals surface area contributed by atoms with E-state index in [2.05, 4.69) is 57.3 Å². The number of nitrogens with one attached hydrogen (secondary N) is 1. The number of halogens is 1. The molecule has 1 saturated heterocycles. The highest BCUT2D eigenvalue weighted by Gasteiger charge is 2.26. The van der Waals surface area contributed by atoms with Crippen molar-refractivity contribution in [2.75, 3.05) is 25.5 Å². The number of thiocarbonyl (C=S) groups is 1. The topological polar surface area (TPSA) is 54.5 Å². The summed E-state index contributed by atoms with van der Waals surface area (Å²) in [4.78, 5) is 20.8. The van der Waals surface area contributed by atoms with Gasteiger partial charge in [-0.05, 0) is 55.6 Å². The molecule has 162 valence electrons. The molecule has 1 N–H and O–H groups in total. The van der Waals surface area contributed by atoms with Gasteiger partial charge in [-0.1, -0.05) is 28.1 Å². The third-order valence-corrected chi connectivity index (χ3v) is 8.26. The number of thiophene rings is 1. The van der Waals surface area contributed by atoms with Crippen molar-refractivity contribution in [1.29, 1.82) is 0 Å². The van der Waals surface area contributed by atoms with Crippen LogP contribution in [-0.2, 0) is 4.74 Å². The van der Waals surface area contributed by atoms with Crippen LogP contribution in [0.4, 0.5) is 5.69 Å². The van der Waals surface area contributed by atoms with E-state index in [1.807, 2.05) is 11.4 Å². The predicted octanol–water partition coefficient (Wildman–Crippen LogP) is 6.31. The van der Waals surface area contributed by atoms with Gasteiger partial charge in [0.05, 0.1) is 23.5 Å². The van der Waals surface area contributed by atoms with Crippen LogP contribution >= 0.6 is 50.8 Å². The molecule has 0 atom stereocenters. The molecule has 1 aliphatic rings. The number of aromatic nitrogens is 1. The maximum Gasteiger partial charge on any atom is 0.350 e. The zero-order valence-electron chi connectivity index (χ0n) is 17.2. The van der Waals surface area contributed by atoms with Gasteiger partial charge in [-0.15, -0.1) is 22.7 Å². The van der Waals surface area contributed by atoms with E-state index < -0.39 is 0 Å². The van der Waals surface area contributed by atoms with Crippen LogP contribution in [0.3, 0.4) is 0 Å². The summed E-state index contributed by atoms with van der Waals surface area (Å²) >= 11 is 12.3. The number of thiazole rings is 1. The maximum atomic E-state index is 11.9. The molecule has 0 radical (unpaired) electrons. The fraction of sp³-hybridized carbons (Fsp3) is 0.318. The van der Waals surface area contributed by atoms with Crippen LogP contribution in [0.1, 0.15) is 38.3 Å². The Hall–Kier alpha value is -1.81. The van der Waals surface area contributed by atoms with E-state index in [0.717, 1.165) is 41.7 Å². The van der Waals surface area contributed by atoms with Crippen LogP contribution in [0.15, 0.2) is 40.2 Å². The number of likely N-dealkylation sites (tertiary alicyclic amines) is 1. The highest BCUT2D eigenvalue weighted by atomic mass is 79.9. The molecule has 3 heterocycles. The number of nitrogens with zero attached hydrogens (tertiary/aromatic N) is 2. The second kappa shape index (κ2) is 9.77. The second-order valence-electron chi connectivity index (χ2n) is 7.31. The van der Waals surface area contributed by atoms with Crippen molar-refractivity contribution < 1.29 is 9.53 Å². The lowest BCUT2D eigenvalue weighted by atomic mass is 9.98. The van der Waals surface area contributed by atoms with Crippen molar-refractivity contribution in [3.63, 3.8) is 0 Å². The van der Waals surface area contributed by atoms with Gasteiger partial charge >= 0.3 is 5.97 Å². The van der Waals surface area contributed by atoms with E-state index in [4.69, 9.17) is 21.9 Å². The first-order valence-corrected chi connectivity index (χ1v) is 12.8. The number of ether oxygens (including phenoxy) is 1. The fourth-order valence-corrected chi connectivity index (χ4v) is 6.09. The van der Waals surface area contributed by atoms with E-state index >= 15 is 0 Å². The quantitative estimate of drug-likeness (QED) is 0.312. The number of esters is 1. The Morgan fingerprint density at radius 1 is 1.26 bits per heavy atom. The smallest absolute Gasteiger partial charge is 0.350 e. The van der Waals surface area contributed by atoms with E-state index in [1.54, 1.807) is 11.3 Å². The lowest BCUT2D eigenvalue weighted by Gasteiger charge is -2.33. The minimum Gasteiger partial charge on any atom is -0.465 e. The Kier molecular flexibility index (Phi) is 7.05. The molecule has 0 unspecified atom stereocenters. The lowest BCUT2D eigenvalue weighted by molar-refractivity contribution is 0.0607. The minimum absolute atomic E-state index is 0.347. The molecular formula is C22H22BrN3O2S3. The summed E-state index contributed by atoms with van der Waals surface area (Å²) in [5.41, 5.74) is 2.95. The van der Waals surface area contributed by atoms with E-state index in [-0.39, 0.29) is 5.97 Å². The predicted molar refractivity (Wildman–Crippen MR) is 135 cm³/mol. The SMILES string of the molecule is COC(=O)c1sccc1NC(=S)N1CCC(c2nc(-c3ccc(Br)cc3)c(C)s2)CC1. The van der Waals surface area contributed by atoms with Crippen molar-refractivity contribution in [2.45, 2.75) is 25.7 Å². The van der Waals surface area contributed by atoms with Crippen LogP contribution in [0.2, 0.25) is 0 Å². The molecule has 0 spiro atoms. The highest BCUT2D eigenvalue weighted by Crippen LogP contribution is 2.36. The lowest BCUT2D eigenvalue weighted by Crippen LogP contribution is -2.40. The van der Waals surface area contributed by atoms with Gasteiger partial charge in [0.2, 0.25) is 0 Å². The van der Waals surface area contributed by atoms with Crippen molar-refractivity contribution in [2.24, 2.45) is 0 Å². The van der Waals surface area contributed by atoms with Crippen LogP contribution in [0, 0.1) is 6.92 Å². The van der Waals surface area contributed by atoms with Gasteiger partial charge in [-0.25, -0.2) is 9.78 Å². The maximum absolute atomic E-state index is 11.9. The monoisotopic (exact) mass is 535 g/mol. The number of carbonyl (C=O) groups excluding carboxylic acids is 1. The van der Waals surface area contributed by atoms with Gasteiger partial charge in [0.25, 0.3) is 0 Å². The summed E-state index contributed by atoms with van der Waals surface area (Å²) in [6.45, 7) is 3.87. The van der Waals surface area contributed by atoms with Gasteiger partial charge in [0, 0.05) is 33.9 Å². The summed E-state index contributed by atoms with van der Waals surface area (Å²) in [6.07, 6.45) is 2.00. The number of hydrogen-bond acceptors (Lipinski definition) is 6. The molecule has 0 bridgehead atoms. The van der Waals surface area contributed by atoms with Gasteiger partial charge < -0.3 is 15.0 Å². The van der Waals surface area contributed by atoms with Crippen LogP contribution in [0.5, 0.6) is 0 Å². The standard InChI is InChI=1S/C22H22BrN3O2S3/c1-13-18(14-3-5-16(23)6-4-14)25-20(31-13)15-7-10-26(11-8-15)22(29)24-17-9-12-30-19(17)21(27)28-2/h3-6,9,12,15H,7-8,10-11H2,1-2H3,(H,24,29). The molecule has 0 aliphatic carbocycles. The summed E-state index contributed by atoms with van der Waals surface area (Å²) in [5, 5.41) is 6.93. The van der Waals surface area contributed by atoms with Crippen molar-refractivity contribution in [1.82, 2.24) is 9.88 Å². The average molecular weight is 537 g/mol. The molecule has 4 rings (SSSR count). The van der Waals surface area contributed by atoms with Gasteiger partial charge in [0.1, 0.15) is 4.88 Å². The van der Waals surface area contributed by atoms with Gasteiger partial charge in [-0.2, -0.15) is 0 Å². The number of methoxy groups -OCH3 is 1. The average Bonchev–Trinajstić information content (AvgIpc) is 3.40. The molecule has 0 saturated carbocycles. The van der Waals surface area contributed by atoms with Crippen molar-refractivity contribution in [3.05, 3.63) is 54.9 Å². The van der Waals surface area contributed by atoms with Gasteiger partial charge in [-0.3, -0.25) is 0 Å². The number of rotatable bonds is 4.